The van der Waals surface area contributed by atoms with Gasteiger partial charge in [0.25, 0.3) is 0 Å². The molecular weight excluding hydrogens is 271 g/mol. The van der Waals surface area contributed by atoms with Gasteiger partial charge in [-0.3, -0.25) is 0 Å². The minimum atomic E-state index is -3.89. The number of hydrogen-bond donors (Lipinski definition) is 1. The third kappa shape index (κ3) is 3.61. The van der Waals surface area contributed by atoms with E-state index in [0.29, 0.717) is 0 Å². The van der Waals surface area contributed by atoms with E-state index in [1.807, 2.05) is 0 Å². The van der Waals surface area contributed by atoms with Crippen LogP contribution >= 0.6 is 12.4 Å². The molecule has 1 aromatic rings. The van der Waals surface area contributed by atoms with Crippen molar-refractivity contribution in [2.45, 2.75) is 18.9 Å². The minimum absolute atomic E-state index is 0. The van der Waals surface area contributed by atoms with E-state index < -0.39 is 23.8 Å². The molecule has 0 spiro atoms. The fraction of sp³-hybridized carbons (Fsp3) is 0.364. The van der Waals surface area contributed by atoms with Crippen LogP contribution in [0.1, 0.15) is 18.5 Å². The van der Waals surface area contributed by atoms with Gasteiger partial charge < -0.3 is 10.5 Å². The lowest BCUT2D eigenvalue weighted by Gasteiger charge is -2.21. The Morgan fingerprint density at radius 1 is 1.50 bits per heavy atom. The molecule has 0 bridgehead atoms. The molecule has 7 heteroatoms. The van der Waals surface area contributed by atoms with Crippen molar-refractivity contribution in [3.63, 3.8) is 0 Å². The van der Waals surface area contributed by atoms with E-state index in [9.17, 15) is 18.0 Å². The summed E-state index contributed by atoms with van der Waals surface area (Å²) in [6.45, 7) is 1.23. The van der Waals surface area contributed by atoms with Crippen LogP contribution in [0.15, 0.2) is 24.3 Å². The zero-order chi connectivity index (χ0) is 13.1. The molecule has 0 radical (unpaired) electrons. The summed E-state index contributed by atoms with van der Waals surface area (Å²) in [4.78, 5) is 11.0. The Balaban J connectivity index is 0.00000289. The van der Waals surface area contributed by atoms with Crippen molar-refractivity contribution in [1.82, 2.24) is 0 Å². The highest BCUT2D eigenvalue weighted by Crippen LogP contribution is 2.30. The lowest BCUT2D eigenvalue weighted by molar-refractivity contribution is -0.174. The number of esters is 1. The third-order valence-corrected chi connectivity index (χ3v) is 2.15. The summed E-state index contributed by atoms with van der Waals surface area (Å²) in [7, 11) is 0. The van der Waals surface area contributed by atoms with Crippen LogP contribution in [-0.4, -0.2) is 18.5 Å². The molecule has 0 aromatic heterocycles. The number of alkyl halides is 2. The highest BCUT2D eigenvalue weighted by Gasteiger charge is 2.47. The van der Waals surface area contributed by atoms with Crippen molar-refractivity contribution in [2.24, 2.45) is 5.73 Å². The maximum absolute atomic E-state index is 13.5. The van der Waals surface area contributed by atoms with Gasteiger partial charge in [-0.2, -0.15) is 8.78 Å². The molecule has 0 fully saturated rings. The summed E-state index contributed by atoms with van der Waals surface area (Å²) < 4.78 is 44.1. The zero-order valence-electron chi connectivity index (χ0n) is 9.53. The van der Waals surface area contributed by atoms with Crippen molar-refractivity contribution in [1.29, 1.82) is 0 Å². The summed E-state index contributed by atoms with van der Waals surface area (Å²) in [6, 6.07) is 2.49. The molecule has 0 saturated heterocycles. The number of carbonyl (C=O) groups excluding carboxylic acids is 1. The topological polar surface area (TPSA) is 52.3 Å². The monoisotopic (exact) mass is 283 g/mol. The van der Waals surface area contributed by atoms with Crippen molar-refractivity contribution >= 4 is 18.4 Å². The summed E-state index contributed by atoms with van der Waals surface area (Å²) in [5.74, 6) is -6.29. The van der Waals surface area contributed by atoms with Gasteiger partial charge in [-0.25, -0.2) is 9.18 Å². The molecule has 0 aliphatic carbocycles. The summed E-state index contributed by atoms with van der Waals surface area (Å²) in [6.07, 6.45) is 0. The molecule has 0 aliphatic rings. The van der Waals surface area contributed by atoms with Crippen LogP contribution in [-0.2, 0) is 9.53 Å². The number of ether oxygens (including phenoxy) is 1. The fourth-order valence-electron chi connectivity index (χ4n) is 1.26. The molecule has 0 unspecified atom stereocenters. The van der Waals surface area contributed by atoms with Crippen molar-refractivity contribution in [3.8, 4) is 0 Å². The first kappa shape index (κ1) is 16.7. The quantitative estimate of drug-likeness (QED) is 0.864. The molecule has 102 valence electrons. The van der Waals surface area contributed by atoms with Crippen LogP contribution in [0.2, 0.25) is 0 Å². The van der Waals surface area contributed by atoms with E-state index in [-0.39, 0.29) is 24.6 Å². The Morgan fingerprint density at radius 2 is 2.11 bits per heavy atom. The second-order valence-electron chi connectivity index (χ2n) is 3.38. The minimum Gasteiger partial charge on any atom is -0.462 e. The molecule has 0 saturated carbocycles. The van der Waals surface area contributed by atoms with Gasteiger partial charge in [0, 0.05) is 0 Å². The van der Waals surface area contributed by atoms with Crippen molar-refractivity contribution in [3.05, 3.63) is 35.6 Å². The Morgan fingerprint density at radius 3 is 2.61 bits per heavy atom. The largest absolute Gasteiger partial charge is 0.462 e. The van der Waals surface area contributed by atoms with E-state index in [2.05, 4.69) is 4.74 Å². The smallest absolute Gasteiger partial charge is 0.379 e. The number of carbonyl (C=O) groups is 1. The first-order valence-corrected chi connectivity index (χ1v) is 4.95. The van der Waals surface area contributed by atoms with Crippen LogP contribution in [0, 0.1) is 5.82 Å². The first-order chi connectivity index (χ1) is 7.89. The fourth-order valence-corrected chi connectivity index (χ4v) is 1.26. The van der Waals surface area contributed by atoms with Crippen LogP contribution in [0.25, 0.3) is 0 Å². The highest BCUT2D eigenvalue weighted by molar-refractivity contribution is 5.85. The maximum Gasteiger partial charge on any atom is 0.379 e. The average Bonchev–Trinajstić information content (AvgIpc) is 2.28. The first-order valence-electron chi connectivity index (χ1n) is 4.95. The van der Waals surface area contributed by atoms with Gasteiger partial charge in [-0.1, -0.05) is 12.1 Å². The van der Waals surface area contributed by atoms with Gasteiger partial charge in [0.1, 0.15) is 11.9 Å². The van der Waals surface area contributed by atoms with Gasteiger partial charge in [0.05, 0.1) is 6.61 Å². The normalized spacial score (nSPS) is 12.5. The van der Waals surface area contributed by atoms with Gasteiger partial charge >= 0.3 is 11.9 Å². The third-order valence-electron chi connectivity index (χ3n) is 2.15. The van der Waals surface area contributed by atoms with E-state index in [4.69, 9.17) is 5.73 Å². The van der Waals surface area contributed by atoms with Gasteiger partial charge in [0.15, 0.2) is 0 Å². The van der Waals surface area contributed by atoms with E-state index in [1.165, 1.54) is 19.1 Å². The van der Waals surface area contributed by atoms with E-state index in [1.54, 1.807) is 0 Å². The Hall–Kier alpha value is -1.27. The Kier molecular flexibility index (Phi) is 6.14. The number of rotatable bonds is 4. The van der Waals surface area contributed by atoms with Crippen molar-refractivity contribution in [2.75, 3.05) is 6.61 Å². The van der Waals surface area contributed by atoms with Crippen LogP contribution in [0.4, 0.5) is 13.2 Å². The lowest BCUT2D eigenvalue weighted by Crippen LogP contribution is -2.41. The van der Waals surface area contributed by atoms with E-state index >= 15 is 0 Å². The average molecular weight is 284 g/mol. The van der Waals surface area contributed by atoms with Gasteiger partial charge in [-0.05, 0) is 24.6 Å². The lowest BCUT2D eigenvalue weighted by atomic mass is 10.0. The molecule has 0 aliphatic heterocycles. The predicted molar refractivity (Wildman–Crippen MR) is 62.2 cm³/mol. The summed E-state index contributed by atoms with van der Waals surface area (Å²) >= 11 is 0. The van der Waals surface area contributed by atoms with Crippen LogP contribution < -0.4 is 5.73 Å². The maximum atomic E-state index is 13.5. The van der Waals surface area contributed by atoms with Crippen LogP contribution in [0.5, 0.6) is 0 Å². The second-order valence-corrected chi connectivity index (χ2v) is 3.38. The molecule has 1 aromatic carbocycles. The van der Waals surface area contributed by atoms with Crippen LogP contribution in [0.3, 0.4) is 0 Å². The zero-order valence-corrected chi connectivity index (χ0v) is 10.3. The summed E-state index contributed by atoms with van der Waals surface area (Å²) in [5, 5.41) is 0. The Labute approximate surface area is 109 Å². The molecule has 3 nitrogen and oxygen atoms in total. The number of benzene rings is 1. The summed E-state index contributed by atoms with van der Waals surface area (Å²) in [5.41, 5.74) is 5.09. The van der Waals surface area contributed by atoms with Gasteiger partial charge in [0.2, 0.25) is 0 Å². The molecule has 18 heavy (non-hydrogen) atoms. The standard InChI is InChI=1S/C11H12F3NO2.ClH/c1-2-17-10(16)11(13,14)9(15)7-4-3-5-8(12)6-7;/h3-6,9H,2,15H2,1H3;1H/t9-;/m1./s1. The van der Waals surface area contributed by atoms with E-state index in [0.717, 1.165) is 12.1 Å². The molecular formula is C11H13ClF3NO2. The predicted octanol–water partition coefficient (Wildman–Crippen LogP) is 2.45. The molecule has 1 atom stereocenters. The number of halogens is 4. The second kappa shape index (κ2) is 6.61. The molecule has 0 amide bonds. The Bertz CT molecular complexity index is 415. The van der Waals surface area contributed by atoms with Crippen molar-refractivity contribution < 1.29 is 22.7 Å². The number of nitrogens with two attached hydrogens (primary N) is 1. The highest BCUT2D eigenvalue weighted by atomic mass is 35.5. The molecule has 1 rings (SSSR count). The van der Waals surface area contributed by atoms with Gasteiger partial charge in [-0.15, -0.1) is 12.4 Å². The number of hydrogen-bond acceptors (Lipinski definition) is 3. The SMILES string of the molecule is CCOC(=O)C(F)(F)[C@H](N)c1cccc(F)c1.Cl. The molecule has 2 N–H and O–H groups in total. The molecule has 0 heterocycles.